The van der Waals surface area contributed by atoms with E-state index in [-0.39, 0.29) is 0 Å². The van der Waals surface area contributed by atoms with Crippen LogP contribution in [0, 0.1) is 11.3 Å². The molecule has 2 aromatic rings. The summed E-state index contributed by atoms with van der Waals surface area (Å²) in [6.07, 6.45) is 1.34. The predicted molar refractivity (Wildman–Crippen MR) is 57.8 cm³/mol. The molecule has 0 saturated carbocycles. The number of hydrogen-bond acceptors (Lipinski definition) is 4. The van der Waals surface area contributed by atoms with Crippen LogP contribution in [-0.4, -0.2) is 11.8 Å². The number of ether oxygens (including phenoxy) is 1. The Morgan fingerprint density at radius 1 is 1.38 bits per heavy atom. The highest BCUT2D eigenvalue weighted by Crippen LogP contribution is 2.23. The summed E-state index contributed by atoms with van der Waals surface area (Å²) in [6.45, 7) is 2.56. The molecule has 1 aromatic carbocycles. The van der Waals surface area contributed by atoms with Crippen LogP contribution in [0.15, 0.2) is 35.1 Å². The van der Waals surface area contributed by atoms with Crippen molar-refractivity contribution >= 4 is 0 Å². The molecule has 80 valence electrons. The number of hydrogen-bond donors (Lipinski definition) is 0. The maximum Gasteiger partial charge on any atom is 0.142 e. The molecular weight excluding hydrogens is 204 g/mol. The van der Waals surface area contributed by atoms with Crippen molar-refractivity contribution in [2.24, 2.45) is 0 Å². The molecule has 0 spiro atoms. The average molecular weight is 214 g/mol. The molecule has 0 bridgehead atoms. The Balaban J connectivity index is 2.32. The van der Waals surface area contributed by atoms with Gasteiger partial charge >= 0.3 is 0 Å². The van der Waals surface area contributed by atoms with Crippen LogP contribution in [0.1, 0.15) is 12.5 Å². The van der Waals surface area contributed by atoms with Crippen LogP contribution in [0.25, 0.3) is 11.3 Å². The number of nitrogens with zero attached hydrogens (tertiary/aromatic N) is 2. The van der Waals surface area contributed by atoms with Gasteiger partial charge in [0, 0.05) is 5.56 Å². The predicted octanol–water partition coefficient (Wildman–Crippen LogP) is 2.61. The average Bonchev–Trinajstić information content (AvgIpc) is 2.78. The molecule has 0 amide bonds. The zero-order valence-electron chi connectivity index (χ0n) is 8.80. The van der Waals surface area contributed by atoms with Crippen molar-refractivity contribution in [3.63, 3.8) is 0 Å². The summed E-state index contributed by atoms with van der Waals surface area (Å²) in [5.41, 5.74) is 1.84. The van der Waals surface area contributed by atoms with E-state index in [1.165, 1.54) is 6.26 Å². The van der Waals surface area contributed by atoms with E-state index in [1.54, 1.807) is 0 Å². The maximum absolute atomic E-state index is 8.83. The Hall–Kier alpha value is -2.28. The summed E-state index contributed by atoms with van der Waals surface area (Å²) in [5.74, 6) is 0.799. The monoisotopic (exact) mass is 214 g/mol. The molecule has 0 atom stereocenters. The molecule has 1 aromatic heterocycles. The van der Waals surface area contributed by atoms with Crippen LogP contribution >= 0.6 is 0 Å². The lowest BCUT2D eigenvalue weighted by Gasteiger charge is -2.02. The molecular formula is C12H10N2O2. The van der Waals surface area contributed by atoms with E-state index in [1.807, 2.05) is 37.3 Å². The van der Waals surface area contributed by atoms with Crippen LogP contribution in [0.2, 0.25) is 0 Å². The van der Waals surface area contributed by atoms with Gasteiger partial charge in [-0.3, -0.25) is 0 Å². The van der Waals surface area contributed by atoms with Gasteiger partial charge in [-0.2, -0.15) is 5.26 Å². The number of rotatable bonds is 3. The second-order valence-electron chi connectivity index (χ2n) is 3.15. The fourth-order valence-corrected chi connectivity index (χ4v) is 1.40. The van der Waals surface area contributed by atoms with Crippen molar-refractivity contribution < 1.29 is 9.26 Å². The molecule has 1 heterocycles. The first-order chi connectivity index (χ1) is 7.85. The van der Waals surface area contributed by atoms with Gasteiger partial charge in [0.2, 0.25) is 0 Å². The number of nitriles is 1. The van der Waals surface area contributed by atoms with Crippen molar-refractivity contribution in [3.05, 3.63) is 36.1 Å². The van der Waals surface area contributed by atoms with Crippen molar-refractivity contribution in [2.75, 3.05) is 6.61 Å². The summed E-state index contributed by atoms with van der Waals surface area (Å²) in [6, 6.07) is 9.41. The second kappa shape index (κ2) is 4.49. The SMILES string of the molecule is CCOc1ccc(-c2nocc2C#N)cc1. The van der Waals surface area contributed by atoms with Gasteiger partial charge in [-0.25, -0.2) is 0 Å². The Kier molecular flexibility index (Phi) is 2.88. The quantitative estimate of drug-likeness (QED) is 0.787. The zero-order valence-corrected chi connectivity index (χ0v) is 8.80. The van der Waals surface area contributed by atoms with Gasteiger partial charge in [0.1, 0.15) is 29.3 Å². The summed E-state index contributed by atoms with van der Waals surface area (Å²) < 4.78 is 10.1. The molecule has 4 heteroatoms. The van der Waals surface area contributed by atoms with E-state index in [2.05, 4.69) is 5.16 Å². The largest absolute Gasteiger partial charge is 0.494 e. The van der Waals surface area contributed by atoms with Crippen LogP contribution in [-0.2, 0) is 0 Å². The Morgan fingerprint density at radius 3 is 2.75 bits per heavy atom. The molecule has 2 rings (SSSR count). The van der Waals surface area contributed by atoms with E-state index in [9.17, 15) is 0 Å². The molecule has 0 aliphatic rings. The first-order valence-electron chi connectivity index (χ1n) is 4.93. The first kappa shape index (κ1) is 10.2. The third-order valence-electron chi connectivity index (χ3n) is 2.13. The fourth-order valence-electron chi connectivity index (χ4n) is 1.40. The highest BCUT2D eigenvalue weighted by Gasteiger charge is 2.09. The third-order valence-corrected chi connectivity index (χ3v) is 2.13. The van der Waals surface area contributed by atoms with E-state index in [4.69, 9.17) is 14.5 Å². The molecule has 0 fully saturated rings. The Labute approximate surface area is 93.1 Å². The molecule has 0 unspecified atom stereocenters. The Bertz CT molecular complexity index is 509. The normalized spacial score (nSPS) is 9.75. The minimum atomic E-state index is 0.434. The third kappa shape index (κ3) is 1.89. The first-order valence-corrected chi connectivity index (χ1v) is 4.93. The topological polar surface area (TPSA) is 59.1 Å². The molecule has 0 aliphatic heterocycles. The highest BCUT2D eigenvalue weighted by molar-refractivity contribution is 5.65. The minimum Gasteiger partial charge on any atom is -0.494 e. The summed E-state index contributed by atoms with van der Waals surface area (Å²) in [5, 5.41) is 12.6. The van der Waals surface area contributed by atoms with Crippen molar-refractivity contribution in [1.82, 2.24) is 5.16 Å². The van der Waals surface area contributed by atoms with E-state index in [0.29, 0.717) is 17.9 Å². The molecule has 4 nitrogen and oxygen atoms in total. The van der Waals surface area contributed by atoms with Crippen LogP contribution in [0.3, 0.4) is 0 Å². The van der Waals surface area contributed by atoms with Crippen LogP contribution < -0.4 is 4.74 Å². The minimum absolute atomic E-state index is 0.434. The summed E-state index contributed by atoms with van der Waals surface area (Å²) in [7, 11) is 0. The second-order valence-corrected chi connectivity index (χ2v) is 3.15. The molecule has 0 radical (unpaired) electrons. The van der Waals surface area contributed by atoms with Crippen LogP contribution in [0.5, 0.6) is 5.75 Å². The van der Waals surface area contributed by atoms with Gasteiger partial charge in [0.15, 0.2) is 0 Å². The lowest BCUT2D eigenvalue weighted by Crippen LogP contribution is -1.90. The summed E-state index contributed by atoms with van der Waals surface area (Å²) in [4.78, 5) is 0. The Morgan fingerprint density at radius 2 is 2.12 bits per heavy atom. The lowest BCUT2D eigenvalue weighted by molar-refractivity contribution is 0.340. The lowest BCUT2D eigenvalue weighted by atomic mass is 10.1. The maximum atomic E-state index is 8.83. The van der Waals surface area contributed by atoms with E-state index < -0.39 is 0 Å². The van der Waals surface area contributed by atoms with Gasteiger partial charge in [-0.05, 0) is 31.2 Å². The van der Waals surface area contributed by atoms with Gasteiger partial charge in [0.25, 0.3) is 0 Å². The van der Waals surface area contributed by atoms with Crippen molar-refractivity contribution in [3.8, 4) is 23.1 Å². The van der Waals surface area contributed by atoms with E-state index in [0.717, 1.165) is 11.3 Å². The van der Waals surface area contributed by atoms with Gasteiger partial charge in [-0.15, -0.1) is 0 Å². The number of aromatic nitrogens is 1. The standard InChI is InChI=1S/C12H10N2O2/c1-2-15-11-5-3-9(4-6-11)12-10(7-13)8-16-14-12/h3-6,8H,2H2,1H3. The van der Waals surface area contributed by atoms with Gasteiger partial charge in [0.05, 0.1) is 6.61 Å². The molecule has 0 N–H and O–H groups in total. The number of benzene rings is 1. The van der Waals surface area contributed by atoms with Gasteiger partial charge < -0.3 is 9.26 Å². The molecule has 0 saturated heterocycles. The van der Waals surface area contributed by atoms with Crippen molar-refractivity contribution in [2.45, 2.75) is 6.92 Å². The van der Waals surface area contributed by atoms with Crippen molar-refractivity contribution in [1.29, 1.82) is 5.26 Å². The fraction of sp³-hybridized carbons (Fsp3) is 0.167. The van der Waals surface area contributed by atoms with E-state index >= 15 is 0 Å². The zero-order chi connectivity index (χ0) is 11.4. The molecule has 0 aliphatic carbocycles. The highest BCUT2D eigenvalue weighted by atomic mass is 16.5. The smallest absolute Gasteiger partial charge is 0.142 e. The van der Waals surface area contributed by atoms with Crippen LogP contribution in [0.4, 0.5) is 0 Å². The van der Waals surface area contributed by atoms with Gasteiger partial charge in [-0.1, -0.05) is 5.16 Å². The summed E-state index contributed by atoms with van der Waals surface area (Å²) >= 11 is 0. The molecule has 16 heavy (non-hydrogen) atoms.